The van der Waals surface area contributed by atoms with Gasteiger partial charge in [-0.2, -0.15) is 0 Å². The van der Waals surface area contributed by atoms with Crippen LogP contribution in [-0.2, 0) is 6.54 Å². The molecule has 2 aromatic rings. The Hall–Kier alpha value is -1.75. The number of benzene rings is 1. The summed E-state index contributed by atoms with van der Waals surface area (Å²) in [5, 5.41) is 12.1. The zero-order valence-electron chi connectivity index (χ0n) is 10.2. The summed E-state index contributed by atoms with van der Waals surface area (Å²) in [5.41, 5.74) is 0.642. The van der Waals surface area contributed by atoms with Gasteiger partial charge in [-0.25, -0.2) is 4.68 Å². The molecule has 94 valence electrons. The van der Waals surface area contributed by atoms with E-state index in [0.717, 1.165) is 25.9 Å². The second-order valence-electron chi connectivity index (χ2n) is 4.79. The fourth-order valence-electron chi connectivity index (χ4n) is 2.45. The van der Waals surface area contributed by atoms with Gasteiger partial charge in [-0.3, -0.25) is 4.79 Å². The largest absolute Gasteiger partial charge is 0.317 e. The Morgan fingerprint density at radius 1 is 1.28 bits per heavy atom. The predicted molar refractivity (Wildman–Crippen MR) is 69.4 cm³/mol. The van der Waals surface area contributed by atoms with Gasteiger partial charge in [0.25, 0.3) is 5.56 Å². The fourth-order valence-corrected chi connectivity index (χ4v) is 2.45. The van der Waals surface area contributed by atoms with Crippen LogP contribution in [0.3, 0.4) is 0 Å². The normalized spacial score (nSPS) is 17.1. The molecule has 1 fully saturated rings. The highest BCUT2D eigenvalue weighted by Gasteiger charge is 2.15. The van der Waals surface area contributed by atoms with Crippen LogP contribution in [0, 0.1) is 5.92 Å². The smallest absolute Gasteiger partial charge is 0.277 e. The average molecular weight is 244 g/mol. The molecule has 0 saturated carbocycles. The van der Waals surface area contributed by atoms with Gasteiger partial charge < -0.3 is 5.32 Å². The van der Waals surface area contributed by atoms with E-state index in [4.69, 9.17) is 0 Å². The summed E-state index contributed by atoms with van der Waals surface area (Å²) in [6.45, 7) is 2.74. The lowest BCUT2D eigenvalue weighted by Crippen LogP contribution is -2.33. The van der Waals surface area contributed by atoms with E-state index in [2.05, 4.69) is 15.6 Å². The maximum Gasteiger partial charge on any atom is 0.277 e. The second-order valence-corrected chi connectivity index (χ2v) is 4.79. The van der Waals surface area contributed by atoms with Crippen LogP contribution in [-0.4, -0.2) is 28.1 Å². The first kappa shape index (κ1) is 11.3. The number of nitrogens with zero attached hydrogens (tertiary/aromatic N) is 3. The molecule has 2 heterocycles. The highest BCUT2D eigenvalue weighted by molar-refractivity contribution is 5.76. The van der Waals surface area contributed by atoms with Crippen molar-refractivity contribution in [3.05, 3.63) is 34.6 Å². The molecule has 1 aromatic heterocycles. The van der Waals surface area contributed by atoms with Gasteiger partial charge in [-0.1, -0.05) is 17.3 Å². The van der Waals surface area contributed by atoms with Gasteiger partial charge in [0.15, 0.2) is 0 Å². The van der Waals surface area contributed by atoms with Gasteiger partial charge in [0.05, 0.1) is 5.39 Å². The Morgan fingerprint density at radius 2 is 2.06 bits per heavy atom. The maximum absolute atomic E-state index is 12.2. The summed E-state index contributed by atoms with van der Waals surface area (Å²) in [4.78, 5) is 12.2. The van der Waals surface area contributed by atoms with Crippen LogP contribution in [0.15, 0.2) is 29.1 Å². The Labute approximate surface area is 105 Å². The minimum Gasteiger partial charge on any atom is -0.317 e. The predicted octanol–water partition coefficient (Wildman–Crippen LogP) is 0.791. The van der Waals surface area contributed by atoms with E-state index in [1.54, 1.807) is 0 Å². The van der Waals surface area contributed by atoms with Crippen molar-refractivity contribution < 1.29 is 0 Å². The van der Waals surface area contributed by atoms with E-state index >= 15 is 0 Å². The van der Waals surface area contributed by atoms with E-state index in [9.17, 15) is 4.79 Å². The number of nitrogens with one attached hydrogen (secondary N) is 1. The Balaban J connectivity index is 1.92. The number of piperidine rings is 1. The molecule has 1 aliphatic rings. The van der Waals surface area contributed by atoms with Crippen molar-refractivity contribution in [2.75, 3.05) is 13.1 Å². The molecule has 0 bridgehead atoms. The standard InChI is InChI=1S/C13H16N4O/c18-13-11-3-1-2-4-12(11)15-16-17(13)9-10-5-7-14-8-6-10/h1-4,10,14H,5-9H2. The molecule has 1 aromatic carbocycles. The molecule has 1 saturated heterocycles. The van der Waals surface area contributed by atoms with Crippen LogP contribution in [0.25, 0.3) is 10.9 Å². The van der Waals surface area contributed by atoms with Crippen LogP contribution in [0.2, 0.25) is 0 Å². The molecular formula is C13H16N4O. The molecule has 0 atom stereocenters. The molecule has 0 unspecified atom stereocenters. The Kier molecular flexibility index (Phi) is 3.06. The van der Waals surface area contributed by atoms with Crippen molar-refractivity contribution in [1.82, 2.24) is 20.3 Å². The number of hydrogen-bond acceptors (Lipinski definition) is 4. The van der Waals surface area contributed by atoms with Gasteiger partial charge in [0, 0.05) is 6.54 Å². The molecule has 18 heavy (non-hydrogen) atoms. The van der Waals surface area contributed by atoms with Gasteiger partial charge in [-0.15, -0.1) is 5.10 Å². The third-order valence-electron chi connectivity index (χ3n) is 3.52. The first-order chi connectivity index (χ1) is 8.84. The summed E-state index contributed by atoms with van der Waals surface area (Å²) < 4.78 is 1.51. The van der Waals surface area contributed by atoms with Crippen molar-refractivity contribution in [1.29, 1.82) is 0 Å². The van der Waals surface area contributed by atoms with E-state index in [0.29, 0.717) is 23.4 Å². The third-order valence-corrected chi connectivity index (χ3v) is 3.52. The molecule has 0 aliphatic carbocycles. The summed E-state index contributed by atoms with van der Waals surface area (Å²) in [6.07, 6.45) is 2.20. The SMILES string of the molecule is O=c1c2ccccc2nnn1CC1CCNCC1. The van der Waals surface area contributed by atoms with Crippen molar-refractivity contribution in [3.8, 4) is 0 Å². The number of aromatic nitrogens is 3. The van der Waals surface area contributed by atoms with Crippen LogP contribution in [0.5, 0.6) is 0 Å². The molecule has 0 radical (unpaired) electrons. The quantitative estimate of drug-likeness (QED) is 0.848. The summed E-state index contributed by atoms with van der Waals surface area (Å²) in [7, 11) is 0. The van der Waals surface area contributed by atoms with Crippen molar-refractivity contribution >= 4 is 10.9 Å². The number of rotatable bonds is 2. The van der Waals surface area contributed by atoms with Crippen molar-refractivity contribution in [2.24, 2.45) is 5.92 Å². The lowest BCUT2D eigenvalue weighted by atomic mass is 9.98. The van der Waals surface area contributed by atoms with E-state index in [1.807, 2.05) is 24.3 Å². The van der Waals surface area contributed by atoms with Gasteiger partial charge in [0.2, 0.25) is 0 Å². The summed E-state index contributed by atoms with van der Waals surface area (Å²) in [5.74, 6) is 0.527. The Bertz CT molecular complexity index is 601. The molecule has 0 amide bonds. The zero-order valence-corrected chi connectivity index (χ0v) is 10.2. The Morgan fingerprint density at radius 3 is 2.89 bits per heavy atom. The number of hydrogen-bond donors (Lipinski definition) is 1. The van der Waals surface area contributed by atoms with Gasteiger partial charge >= 0.3 is 0 Å². The fraction of sp³-hybridized carbons (Fsp3) is 0.462. The van der Waals surface area contributed by atoms with Gasteiger partial charge in [-0.05, 0) is 44.0 Å². The molecule has 0 spiro atoms. The molecule has 5 nitrogen and oxygen atoms in total. The lowest BCUT2D eigenvalue weighted by Gasteiger charge is -2.22. The first-order valence-electron chi connectivity index (χ1n) is 6.38. The average Bonchev–Trinajstić information content (AvgIpc) is 2.43. The highest BCUT2D eigenvalue weighted by atomic mass is 16.1. The van der Waals surface area contributed by atoms with E-state index < -0.39 is 0 Å². The van der Waals surface area contributed by atoms with Crippen LogP contribution < -0.4 is 10.9 Å². The van der Waals surface area contributed by atoms with E-state index in [-0.39, 0.29) is 5.56 Å². The second kappa shape index (κ2) is 4.86. The third kappa shape index (κ3) is 2.13. The molecular weight excluding hydrogens is 228 g/mol. The lowest BCUT2D eigenvalue weighted by molar-refractivity contribution is 0.311. The van der Waals surface area contributed by atoms with E-state index in [1.165, 1.54) is 4.68 Å². The summed E-state index contributed by atoms with van der Waals surface area (Å²) in [6, 6.07) is 7.36. The monoisotopic (exact) mass is 244 g/mol. The topological polar surface area (TPSA) is 59.8 Å². The molecule has 3 rings (SSSR count). The zero-order chi connectivity index (χ0) is 12.4. The summed E-state index contributed by atoms with van der Waals surface area (Å²) >= 11 is 0. The first-order valence-corrected chi connectivity index (χ1v) is 6.38. The molecule has 5 heteroatoms. The highest BCUT2D eigenvalue weighted by Crippen LogP contribution is 2.13. The van der Waals surface area contributed by atoms with Crippen LogP contribution >= 0.6 is 0 Å². The maximum atomic E-state index is 12.2. The number of fused-ring (bicyclic) bond motifs is 1. The molecule has 1 N–H and O–H groups in total. The molecule has 1 aliphatic heterocycles. The van der Waals surface area contributed by atoms with Gasteiger partial charge in [0.1, 0.15) is 5.52 Å². The van der Waals surface area contributed by atoms with Crippen molar-refractivity contribution in [2.45, 2.75) is 19.4 Å². The van der Waals surface area contributed by atoms with Crippen LogP contribution in [0.1, 0.15) is 12.8 Å². The minimum atomic E-state index is -0.0286. The van der Waals surface area contributed by atoms with Crippen molar-refractivity contribution in [3.63, 3.8) is 0 Å². The minimum absolute atomic E-state index is 0.0286. The van der Waals surface area contributed by atoms with Crippen LogP contribution in [0.4, 0.5) is 0 Å².